The number of methoxy groups -OCH3 is 1. The van der Waals surface area contributed by atoms with E-state index >= 15 is 0 Å². The highest BCUT2D eigenvalue weighted by Crippen LogP contribution is 2.27. The summed E-state index contributed by atoms with van der Waals surface area (Å²) < 4.78 is 21.7. The largest absolute Gasteiger partial charge is 0.504 e. The predicted octanol–water partition coefficient (Wildman–Crippen LogP) is 17.1. The molecule has 1 aromatic carbocycles. The van der Waals surface area contributed by atoms with Crippen LogP contribution >= 0.6 is 0 Å². The first-order chi connectivity index (χ1) is 31.9. The quantitative estimate of drug-likeness (QED) is 0.0298. The van der Waals surface area contributed by atoms with Crippen LogP contribution in [0.2, 0.25) is 0 Å². The van der Waals surface area contributed by atoms with Crippen molar-refractivity contribution in [3.05, 3.63) is 29.8 Å². The molecule has 0 amide bonds. The van der Waals surface area contributed by atoms with Gasteiger partial charge in [0.25, 0.3) is 0 Å². The Morgan fingerprint density at radius 1 is 0.477 bits per heavy atom. The third-order valence-electron chi connectivity index (χ3n) is 12.7. The van der Waals surface area contributed by atoms with Crippen LogP contribution in [0.4, 0.5) is 0 Å². The number of phenolic OH excluding ortho intramolecular Hbond substituents is 1. The molecule has 1 rings (SSSR count). The van der Waals surface area contributed by atoms with Gasteiger partial charge in [0.2, 0.25) is 0 Å². The molecule has 0 aliphatic rings. The number of aromatic hydroxyl groups is 1. The summed E-state index contributed by atoms with van der Waals surface area (Å²) in [5.74, 6) is -1.06. The molecule has 0 atom stereocenters. The Bertz CT molecular complexity index is 1220. The van der Waals surface area contributed by atoms with Gasteiger partial charge in [0.15, 0.2) is 17.6 Å². The van der Waals surface area contributed by atoms with E-state index in [4.69, 9.17) is 18.9 Å². The first-order valence-corrected chi connectivity index (χ1v) is 27.5. The number of ether oxygens (including phenoxy) is 4. The van der Waals surface area contributed by atoms with Gasteiger partial charge in [-0.3, -0.25) is 9.59 Å². The fourth-order valence-electron chi connectivity index (χ4n) is 8.49. The third kappa shape index (κ3) is 39.8. The normalized spacial score (nSPS) is 11.4. The lowest BCUT2D eigenvalue weighted by Crippen LogP contribution is -2.30. The summed E-state index contributed by atoms with van der Waals surface area (Å²) in [6, 6.07) is 4.72. The Morgan fingerprint density at radius 3 is 1.09 bits per heavy atom. The minimum atomic E-state index is -0.926. The van der Waals surface area contributed by atoms with Gasteiger partial charge in [-0.15, -0.1) is 0 Å². The topological polar surface area (TPSA) is 108 Å². The van der Waals surface area contributed by atoms with E-state index in [1.165, 1.54) is 231 Å². The van der Waals surface area contributed by atoms with Crippen LogP contribution in [0.3, 0.4) is 0 Å². The smallest absolute Gasteiger partial charge is 0.331 e. The van der Waals surface area contributed by atoms with Crippen LogP contribution in [-0.2, 0) is 28.6 Å². The molecule has 0 spiro atoms. The van der Waals surface area contributed by atoms with Crippen molar-refractivity contribution in [1.82, 2.24) is 0 Å². The van der Waals surface area contributed by atoms with Crippen molar-refractivity contribution < 1.29 is 38.4 Å². The van der Waals surface area contributed by atoms with Crippen LogP contribution in [0.5, 0.6) is 11.5 Å². The van der Waals surface area contributed by atoms with Crippen molar-refractivity contribution in [3.8, 4) is 11.5 Å². The van der Waals surface area contributed by atoms with E-state index in [0.717, 1.165) is 38.5 Å². The lowest BCUT2D eigenvalue weighted by molar-refractivity contribution is -0.163. The molecular weight excluding hydrogens is 813 g/mol. The van der Waals surface area contributed by atoms with Gasteiger partial charge in [-0.2, -0.15) is 0 Å². The SMILES string of the molecule is CCCCCCCCCCCCCCCCCCCCCC(=O)OCC(COC(=O)CCCCCCCCCCCCCCCCCCCCC)OC(=O)/C=C/c1ccc(O)c(OC)c1. The molecule has 0 aromatic heterocycles. The first kappa shape index (κ1) is 60.0. The molecular formula is C57H100O8. The zero-order valence-electron chi connectivity index (χ0n) is 42.5. The number of hydrogen-bond donors (Lipinski definition) is 1. The van der Waals surface area contributed by atoms with Gasteiger partial charge in [0, 0.05) is 18.9 Å². The second-order valence-corrected chi connectivity index (χ2v) is 18.9. The van der Waals surface area contributed by atoms with Gasteiger partial charge in [0.1, 0.15) is 13.2 Å². The van der Waals surface area contributed by atoms with Crippen molar-refractivity contribution in [2.24, 2.45) is 0 Å². The Kier molecular flexibility index (Phi) is 42.5. The van der Waals surface area contributed by atoms with Gasteiger partial charge in [-0.1, -0.05) is 251 Å². The standard InChI is InChI=1S/C57H100O8/c1-4-6-8-10-12-14-16-18-20-22-24-26-28-30-32-34-36-38-40-42-55(59)63-49-52(65-57(61)47-45-51-44-46-53(58)54(48-51)62-3)50-64-56(60)43-41-39-37-35-33-31-29-27-25-23-21-19-17-15-13-11-9-7-5-2/h44-48,52,58H,4-43,49-50H2,1-3H3/b47-45+. The van der Waals surface area contributed by atoms with E-state index in [1.54, 1.807) is 12.1 Å². The summed E-state index contributed by atoms with van der Waals surface area (Å²) in [6.45, 7) is 4.19. The fourth-order valence-corrected chi connectivity index (χ4v) is 8.49. The van der Waals surface area contributed by atoms with Crippen LogP contribution < -0.4 is 4.74 Å². The maximum absolute atomic E-state index is 12.8. The lowest BCUT2D eigenvalue weighted by Gasteiger charge is -2.17. The molecule has 0 heterocycles. The van der Waals surface area contributed by atoms with E-state index in [-0.39, 0.29) is 36.7 Å². The van der Waals surface area contributed by atoms with Gasteiger partial charge in [-0.05, 0) is 36.6 Å². The zero-order chi connectivity index (χ0) is 47.1. The van der Waals surface area contributed by atoms with E-state index < -0.39 is 12.1 Å². The number of benzene rings is 1. The Labute approximate surface area is 399 Å². The fraction of sp³-hybridized carbons (Fsp3) is 0.807. The molecule has 8 heteroatoms. The third-order valence-corrected chi connectivity index (χ3v) is 12.7. The molecule has 0 fully saturated rings. The number of unbranched alkanes of at least 4 members (excludes halogenated alkanes) is 36. The molecule has 0 bridgehead atoms. The molecule has 0 saturated carbocycles. The average Bonchev–Trinajstić information content (AvgIpc) is 3.31. The Balaban J connectivity index is 2.24. The highest BCUT2D eigenvalue weighted by molar-refractivity contribution is 5.87. The van der Waals surface area contributed by atoms with Crippen LogP contribution in [0.25, 0.3) is 6.08 Å². The molecule has 1 aromatic rings. The van der Waals surface area contributed by atoms with Crippen LogP contribution in [0, 0.1) is 0 Å². The Morgan fingerprint density at radius 2 is 0.785 bits per heavy atom. The van der Waals surface area contributed by atoms with Gasteiger partial charge < -0.3 is 24.1 Å². The highest BCUT2D eigenvalue weighted by atomic mass is 16.6. The van der Waals surface area contributed by atoms with Crippen molar-refractivity contribution in [1.29, 1.82) is 0 Å². The van der Waals surface area contributed by atoms with E-state index in [2.05, 4.69) is 13.8 Å². The molecule has 376 valence electrons. The summed E-state index contributed by atoms with van der Waals surface area (Å²) in [5, 5.41) is 9.88. The van der Waals surface area contributed by atoms with E-state index in [9.17, 15) is 19.5 Å². The van der Waals surface area contributed by atoms with Crippen molar-refractivity contribution >= 4 is 24.0 Å². The predicted molar refractivity (Wildman–Crippen MR) is 272 cm³/mol. The van der Waals surface area contributed by atoms with Crippen molar-refractivity contribution in [2.75, 3.05) is 20.3 Å². The minimum absolute atomic E-state index is 0.00337. The van der Waals surface area contributed by atoms with Crippen LogP contribution in [0.1, 0.15) is 276 Å². The number of carbonyl (C=O) groups excluding carboxylic acids is 3. The minimum Gasteiger partial charge on any atom is -0.504 e. The molecule has 8 nitrogen and oxygen atoms in total. The molecule has 65 heavy (non-hydrogen) atoms. The number of carbonyl (C=O) groups is 3. The summed E-state index contributed by atoms with van der Waals surface area (Å²) in [5.41, 5.74) is 0.630. The van der Waals surface area contributed by atoms with E-state index in [1.807, 2.05) is 0 Å². The summed E-state index contributed by atoms with van der Waals surface area (Å²) >= 11 is 0. The highest BCUT2D eigenvalue weighted by Gasteiger charge is 2.19. The van der Waals surface area contributed by atoms with Gasteiger partial charge in [-0.25, -0.2) is 4.79 Å². The van der Waals surface area contributed by atoms with Crippen molar-refractivity contribution in [3.63, 3.8) is 0 Å². The molecule has 0 unspecified atom stereocenters. The average molecular weight is 913 g/mol. The molecule has 1 N–H and O–H groups in total. The number of esters is 3. The molecule has 0 aliphatic carbocycles. The number of phenols is 1. The first-order valence-electron chi connectivity index (χ1n) is 27.5. The van der Waals surface area contributed by atoms with Crippen LogP contribution in [-0.4, -0.2) is 49.4 Å². The second-order valence-electron chi connectivity index (χ2n) is 18.9. The molecule has 0 radical (unpaired) electrons. The molecule has 0 aliphatic heterocycles. The number of hydrogen-bond acceptors (Lipinski definition) is 8. The summed E-state index contributed by atoms with van der Waals surface area (Å²) in [4.78, 5) is 38.1. The van der Waals surface area contributed by atoms with Gasteiger partial charge in [0.05, 0.1) is 7.11 Å². The van der Waals surface area contributed by atoms with Crippen LogP contribution in [0.15, 0.2) is 24.3 Å². The summed E-state index contributed by atoms with van der Waals surface area (Å²) in [6.07, 6.45) is 51.7. The maximum atomic E-state index is 12.8. The second kappa shape index (κ2) is 46.1. The van der Waals surface area contributed by atoms with E-state index in [0.29, 0.717) is 18.4 Å². The summed E-state index contributed by atoms with van der Waals surface area (Å²) in [7, 11) is 1.45. The molecule has 0 saturated heterocycles. The lowest BCUT2D eigenvalue weighted by atomic mass is 10.0. The van der Waals surface area contributed by atoms with Crippen molar-refractivity contribution in [2.45, 2.75) is 277 Å². The maximum Gasteiger partial charge on any atom is 0.331 e. The number of rotatable bonds is 48. The van der Waals surface area contributed by atoms with Gasteiger partial charge >= 0.3 is 17.9 Å². The Hall–Kier alpha value is -3.03. The monoisotopic (exact) mass is 913 g/mol. The zero-order valence-corrected chi connectivity index (χ0v) is 42.5.